The highest BCUT2D eigenvalue weighted by Gasteiger charge is 2.20. The summed E-state index contributed by atoms with van der Waals surface area (Å²) in [4.78, 5) is 0. The first-order valence-electron chi connectivity index (χ1n) is 7.74. The van der Waals surface area contributed by atoms with Gasteiger partial charge in [-0.25, -0.2) is 4.39 Å². The Balaban J connectivity index is 1.79. The maximum absolute atomic E-state index is 14.0. The first kappa shape index (κ1) is 14.1. The minimum atomic E-state index is -0.286. The Kier molecular flexibility index (Phi) is 4.23. The van der Waals surface area contributed by atoms with E-state index in [1.807, 2.05) is 0 Å². The maximum atomic E-state index is 14.0. The Bertz CT molecular complexity index is 603. The third-order valence-electron chi connectivity index (χ3n) is 4.45. The van der Waals surface area contributed by atoms with Gasteiger partial charge in [-0.15, -0.1) is 0 Å². The Morgan fingerprint density at radius 3 is 2.71 bits per heavy atom. The van der Waals surface area contributed by atoms with E-state index in [4.69, 9.17) is 10.3 Å². The van der Waals surface area contributed by atoms with Gasteiger partial charge in [-0.3, -0.25) is 0 Å². The second-order valence-corrected chi connectivity index (χ2v) is 5.89. The zero-order chi connectivity index (χ0) is 14.7. The first-order valence-corrected chi connectivity index (χ1v) is 7.74. The van der Waals surface area contributed by atoms with E-state index in [1.54, 1.807) is 18.2 Å². The first-order chi connectivity index (χ1) is 10.3. The average Bonchev–Trinajstić information content (AvgIpc) is 2.88. The number of aromatic nitrogens is 1. The van der Waals surface area contributed by atoms with E-state index in [1.165, 1.54) is 38.2 Å². The SMILES string of the molecule is Nc1onc(CCC2CCCCC2)c1-c1ccccc1F. The normalized spacial score (nSPS) is 16.2. The molecule has 1 heterocycles. The number of rotatable bonds is 4. The molecule has 3 nitrogen and oxygen atoms in total. The van der Waals surface area contributed by atoms with Crippen molar-refractivity contribution in [1.29, 1.82) is 0 Å². The molecule has 1 aliphatic carbocycles. The summed E-state index contributed by atoms with van der Waals surface area (Å²) in [6.45, 7) is 0. The lowest BCUT2D eigenvalue weighted by atomic mass is 9.85. The van der Waals surface area contributed by atoms with Gasteiger partial charge in [-0.1, -0.05) is 55.5 Å². The van der Waals surface area contributed by atoms with Crippen LogP contribution in [0.25, 0.3) is 11.1 Å². The highest BCUT2D eigenvalue weighted by atomic mass is 19.1. The summed E-state index contributed by atoms with van der Waals surface area (Å²) in [5.74, 6) is 0.676. The predicted octanol–water partition coefficient (Wildman–Crippen LogP) is 4.58. The van der Waals surface area contributed by atoms with Gasteiger partial charge in [0.2, 0.25) is 5.88 Å². The van der Waals surface area contributed by atoms with Crippen molar-refractivity contribution in [3.63, 3.8) is 0 Å². The maximum Gasteiger partial charge on any atom is 0.230 e. The summed E-state index contributed by atoms with van der Waals surface area (Å²) >= 11 is 0. The van der Waals surface area contributed by atoms with Crippen molar-refractivity contribution in [1.82, 2.24) is 5.16 Å². The Hall–Kier alpha value is -1.84. The van der Waals surface area contributed by atoms with Crippen molar-refractivity contribution in [3.8, 4) is 11.1 Å². The van der Waals surface area contributed by atoms with Gasteiger partial charge < -0.3 is 10.3 Å². The van der Waals surface area contributed by atoms with Crippen LogP contribution in [0.1, 0.15) is 44.2 Å². The molecule has 0 radical (unpaired) electrons. The van der Waals surface area contributed by atoms with E-state index < -0.39 is 0 Å². The summed E-state index contributed by atoms with van der Waals surface area (Å²) in [6, 6.07) is 6.63. The number of halogens is 1. The van der Waals surface area contributed by atoms with E-state index in [-0.39, 0.29) is 11.7 Å². The molecular weight excluding hydrogens is 267 g/mol. The van der Waals surface area contributed by atoms with Crippen LogP contribution in [0.2, 0.25) is 0 Å². The van der Waals surface area contributed by atoms with E-state index in [0.717, 1.165) is 24.5 Å². The Morgan fingerprint density at radius 1 is 1.19 bits per heavy atom. The molecule has 1 aliphatic rings. The molecule has 0 spiro atoms. The van der Waals surface area contributed by atoms with Gasteiger partial charge in [0.15, 0.2) is 0 Å². The van der Waals surface area contributed by atoms with Crippen LogP contribution < -0.4 is 5.73 Å². The smallest absolute Gasteiger partial charge is 0.230 e. The molecule has 4 heteroatoms. The number of benzene rings is 1. The molecule has 0 bridgehead atoms. The van der Waals surface area contributed by atoms with Gasteiger partial charge in [0, 0.05) is 5.56 Å². The fraction of sp³-hybridized carbons (Fsp3) is 0.471. The fourth-order valence-corrected chi connectivity index (χ4v) is 3.28. The fourth-order valence-electron chi connectivity index (χ4n) is 3.28. The van der Waals surface area contributed by atoms with Crippen molar-refractivity contribution in [3.05, 3.63) is 35.8 Å². The van der Waals surface area contributed by atoms with Crippen LogP contribution in [0.3, 0.4) is 0 Å². The molecule has 1 aromatic carbocycles. The summed E-state index contributed by atoms with van der Waals surface area (Å²) < 4.78 is 19.1. The summed E-state index contributed by atoms with van der Waals surface area (Å²) in [5, 5.41) is 4.05. The molecule has 3 rings (SSSR count). The standard InChI is InChI=1S/C17H21FN2O/c18-14-9-5-4-8-13(14)16-15(20-21-17(16)19)11-10-12-6-2-1-3-7-12/h4-5,8-9,12H,1-3,6-7,10-11,19H2. The third-order valence-corrected chi connectivity index (χ3v) is 4.45. The van der Waals surface area contributed by atoms with Crippen molar-refractivity contribution in [2.75, 3.05) is 5.73 Å². The Labute approximate surface area is 124 Å². The molecule has 1 aromatic heterocycles. The molecule has 0 saturated heterocycles. The monoisotopic (exact) mass is 288 g/mol. The lowest BCUT2D eigenvalue weighted by molar-refractivity contribution is 0.335. The van der Waals surface area contributed by atoms with Gasteiger partial charge in [0.05, 0.1) is 11.3 Å². The predicted molar refractivity (Wildman–Crippen MR) is 81.2 cm³/mol. The van der Waals surface area contributed by atoms with Gasteiger partial charge in [-0.05, 0) is 24.8 Å². The lowest BCUT2D eigenvalue weighted by Crippen LogP contribution is -2.07. The molecule has 21 heavy (non-hydrogen) atoms. The highest BCUT2D eigenvalue weighted by molar-refractivity contribution is 5.75. The molecule has 2 aromatic rings. The number of hydrogen-bond donors (Lipinski definition) is 1. The molecular formula is C17H21FN2O. The van der Waals surface area contributed by atoms with Crippen LogP contribution in [-0.2, 0) is 6.42 Å². The molecule has 0 atom stereocenters. The van der Waals surface area contributed by atoms with Crippen LogP contribution >= 0.6 is 0 Å². The van der Waals surface area contributed by atoms with E-state index in [9.17, 15) is 4.39 Å². The number of anilines is 1. The molecule has 0 amide bonds. The summed E-state index contributed by atoms with van der Waals surface area (Å²) in [7, 11) is 0. The van der Waals surface area contributed by atoms with Crippen LogP contribution in [0, 0.1) is 11.7 Å². The quantitative estimate of drug-likeness (QED) is 0.896. The van der Waals surface area contributed by atoms with Gasteiger partial charge in [0.1, 0.15) is 5.82 Å². The van der Waals surface area contributed by atoms with E-state index >= 15 is 0 Å². The zero-order valence-electron chi connectivity index (χ0n) is 12.1. The number of nitrogen functional groups attached to an aromatic ring is 1. The van der Waals surface area contributed by atoms with Crippen LogP contribution in [0.5, 0.6) is 0 Å². The summed E-state index contributed by atoms with van der Waals surface area (Å²) in [6.07, 6.45) is 8.47. The molecule has 2 N–H and O–H groups in total. The third kappa shape index (κ3) is 3.09. The second-order valence-electron chi connectivity index (χ2n) is 5.89. The second kappa shape index (κ2) is 6.29. The molecule has 1 saturated carbocycles. The number of nitrogens with two attached hydrogens (primary N) is 1. The topological polar surface area (TPSA) is 52.0 Å². The van der Waals surface area contributed by atoms with Crippen molar-refractivity contribution in [2.24, 2.45) is 5.92 Å². The van der Waals surface area contributed by atoms with E-state index in [2.05, 4.69) is 5.16 Å². The number of aryl methyl sites for hydroxylation is 1. The van der Waals surface area contributed by atoms with Crippen molar-refractivity contribution >= 4 is 5.88 Å². The molecule has 0 unspecified atom stereocenters. The van der Waals surface area contributed by atoms with Crippen molar-refractivity contribution in [2.45, 2.75) is 44.9 Å². The molecule has 112 valence electrons. The minimum Gasteiger partial charge on any atom is -0.367 e. The largest absolute Gasteiger partial charge is 0.367 e. The zero-order valence-corrected chi connectivity index (χ0v) is 12.1. The van der Waals surface area contributed by atoms with Crippen LogP contribution in [0.4, 0.5) is 10.3 Å². The van der Waals surface area contributed by atoms with Gasteiger partial charge in [0.25, 0.3) is 0 Å². The van der Waals surface area contributed by atoms with Gasteiger partial charge >= 0.3 is 0 Å². The highest BCUT2D eigenvalue weighted by Crippen LogP contribution is 2.34. The lowest BCUT2D eigenvalue weighted by Gasteiger charge is -2.20. The molecule has 1 fully saturated rings. The van der Waals surface area contributed by atoms with Gasteiger partial charge in [-0.2, -0.15) is 0 Å². The average molecular weight is 288 g/mol. The number of nitrogens with zero attached hydrogens (tertiary/aromatic N) is 1. The Morgan fingerprint density at radius 2 is 1.95 bits per heavy atom. The van der Waals surface area contributed by atoms with Crippen molar-refractivity contribution < 1.29 is 8.91 Å². The number of hydrogen-bond acceptors (Lipinski definition) is 3. The van der Waals surface area contributed by atoms with Crippen LogP contribution in [-0.4, -0.2) is 5.16 Å². The molecule has 0 aliphatic heterocycles. The minimum absolute atomic E-state index is 0.207. The summed E-state index contributed by atoms with van der Waals surface area (Å²) in [5.41, 5.74) is 7.75. The van der Waals surface area contributed by atoms with Crippen LogP contribution in [0.15, 0.2) is 28.8 Å². The van der Waals surface area contributed by atoms with E-state index in [0.29, 0.717) is 11.1 Å².